The first-order valence-electron chi connectivity index (χ1n) is 9.42. The smallest absolute Gasteiger partial charge is 0.271 e. The number of ether oxygens (including phenoxy) is 2. The van der Waals surface area contributed by atoms with E-state index in [1.54, 1.807) is 31.4 Å². The fourth-order valence-electron chi connectivity index (χ4n) is 2.85. The molecule has 5 nitrogen and oxygen atoms in total. The molecule has 2 aromatic rings. The third-order valence-corrected chi connectivity index (χ3v) is 5.12. The molecule has 30 heavy (non-hydrogen) atoms. The van der Waals surface area contributed by atoms with Gasteiger partial charge in [0, 0.05) is 6.07 Å². The third-order valence-electron chi connectivity index (χ3n) is 4.45. The summed E-state index contributed by atoms with van der Waals surface area (Å²) in [7, 11) is 1.55. The molecular formula is C23H23ClN2O3S. The molecule has 0 bridgehead atoms. The number of benzene rings is 1. The minimum absolute atomic E-state index is 0.248. The molecule has 1 unspecified atom stereocenters. The van der Waals surface area contributed by atoms with Crippen LogP contribution in [0.5, 0.6) is 11.5 Å². The number of nitrogens with zero attached hydrogens (tertiary/aromatic N) is 2. The van der Waals surface area contributed by atoms with Crippen LogP contribution in [0.2, 0.25) is 0 Å². The summed E-state index contributed by atoms with van der Waals surface area (Å²) in [4.78, 5) is 17.0. The van der Waals surface area contributed by atoms with E-state index in [4.69, 9.17) is 21.1 Å². The highest BCUT2D eigenvalue weighted by Crippen LogP contribution is 2.29. The first-order chi connectivity index (χ1) is 14.3. The van der Waals surface area contributed by atoms with Crippen LogP contribution in [0.25, 0.3) is 11.8 Å². The Morgan fingerprint density at radius 1 is 1.27 bits per heavy atom. The molecule has 0 amide bonds. The summed E-state index contributed by atoms with van der Waals surface area (Å²) in [6.45, 7) is 4.32. The zero-order valence-electron chi connectivity index (χ0n) is 17.0. The fourth-order valence-corrected chi connectivity index (χ4v) is 3.22. The first kappa shape index (κ1) is 22.0. The van der Waals surface area contributed by atoms with Crippen molar-refractivity contribution >= 4 is 30.3 Å². The van der Waals surface area contributed by atoms with Crippen molar-refractivity contribution in [1.29, 1.82) is 0 Å². The summed E-state index contributed by atoms with van der Waals surface area (Å²) < 4.78 is 12.3. The van der Waals surface area contributed by atoms with E-state index in [0.717, 1.165) is 5.57 Å². The lowest BCUT2D eigenvalue weighted by Crippen LogP contribution is -2.20. The number of hydrogen-bond donors (Lipinski definition) is 1. The maximum absolute atomic E-state index is 12.9. The number of alkyl halides is 1. The van der Waals surface area contributed by atoms with E-state index in [9.17, 15) is 4.79 Å². The lowest BCUT2D eigenvalue weighted by molar-refractivity contribution is 0.311. The highest BCUT2D eigenvalue weighted by Gasteiger charge is 2.13. The molecule has 0 spiro atoms. The van der Waals surface area contributed by atoms with Crippen molar-refractivity contribution in [2.24, 2.45) is 0 Å². The van der Waals surface area contributed by atoms with Gasteiger partial charge in [0.15, 0.2) is 11.5 Å². The molecule has 0 radical (unpaired) electrons. The summed E-state index contributed by atoms with van der Waals surface area (Å²) in [6.07, 6.45) is 14.7. The first-order valence-corrected chi connectivity index (χ1v) is 10.2. The van der Waals surface area contributed by atoms with Gasteiger partial charge < -0.3 is 9.47 Å². The number of thiol groups is 1. The average molecular weight is 443 g/mol. The average Bonchev–Trinajstić information content (AvgIpc) is 2.90. The van der Waals surface area contributed by atoms with E-state index in [-0.39, 0.29) is 10.5 Å². The molecule has 3 rings (SSSR count). The van der Waals surface area contributed by atoms with Crippen molar-refractivity contribution in [2.75, 3.05) is 13.7 Å². The summed E-state index contributed by atoms with van der Waals surface area (Å²) in [5.74, 6) is 1.15. The second-order valence-corrected chi connectivity index (χ2v) is 8.03. The highest BCUT2D eigenvalue weighted by molar-refractivity contribution is 7.80. The van der Waals surface area contributed by atoms with E-state index in [1.807, 2.05) is 50.3 Å². The van der Waals surface area contributed by atoms with Gasteiger partial charge in [-0.15, -0.1) is 24.2 Å². The number of halogens is 1. The molecule has 1 aromatic heterocycles. The van der Waals surface area contributed by atoms with Crippen LogP contribution in [-0.2, 0) is 0 Å². The maximum Gasteiger partial charge on any atom is 0.271 e. The van der Waals surface area contributed by atoms with Gasteiger partial charge in [-0.25, -0.2) is 4.98 Å². The molecule has 7 heteroatoms. The quantitative estimate of drug-likeness (QED) is 0.505. The second-order valence-electron chi connectivity index (χ2n) is 6.77. The van der Waals surface area contributed by atoms with Gasteiger partial charge >= 0.3 is 0 Å². The summed E-state index contributed by atoms with van der Waals surface area (Å²) in [6, 6.07) is 5.27. The van der Waals surface area contributed by atoms with Crippen molar-refractivity contribution < 1.29 is 9.47 Å². The molecule has 0 N–H and O–H groups in total. The van der Waals surface area contributed by atoms with Crippen molar-refractivity contribution in [3.8, 4) is 17.2 Å². The summed E-state index contributed by atoms with van der Waals surface area (Å²) in [5, 5.41) is 0. The van der Waals surface area contributed by atoms with Crippen molar-refractivity contribution in [2.45, 2.75) is 23.6 Å². The van der Waals surface area contributed by atoms with E-state index in [2.05, 4.69) is 17.6 Å². The van der Waals surface area contributed by atoms with Crippen LogP contribution in [0.3, 0.4) is 0 Å². The number of methoxy groups -OCH3 is 1. The Bertz CT molecular complexity index is 1110. The van der Waals surface area contributed by atoms with E-state index in [0.29, 0.717) is 29.5 Å². The largest absolute Gasteiger partial charge is 0.493 e. The van der Waals surface area contributed by atoms with Gasteiger partial charge in [0.2, 0.25) is 0 Å². The van der Waals surface area contributed by atoms with Crippen LogP contribution >= 0.6 is 24.2 Å². The number of allylic oxidation sites excluding steroid dienone is 7. The predicted octanol–water partition coefficient (Wildman–Crippen LogP) is 4.99. The van der Waals surface area contributed by atoms with E-state index in [1.165, 1.54) is 10.9 Å². The van der Waals surface area contributed by atoms with Crippen LogP contribution < -0.4 is 15.0 Å². The Hall–Kier alpha value is -2.70. The fraction of sp³-hybridized carbons (Fsp3) is 0.217. The monoisotopic (exact) mass is 442 g/mol. The summed E-state index contributed by atoms with van der Waals surface area (Å²) in [5.41, 5.74) is 1.75. The number of aromatic nitrogens is 2. The number of rotatable bonds is 6. The molecule has 1 atom stereocenters. The van der Waals surface area contributed by atoms with Crippen LogP contribution in [0.4, 0.5) is 0 Å². The van der Waals surface area contributed by atoms with Gasteiger partial charge in [-0.05, 0) is 37.6 Å². The van der Waals surface area contributed by atoms with Crippen LogP contribution in [0.15, 0.2) is 76.2 Å². The van der Waals surface area contributed by atoms with Crippen molar-refractivity contribution in [3.63, 3.8) is 0 Å². The van der Waals surface area contributed by atoms with Crippen LogP contribution in [-0.4, -0.2) is 28.1 Å². The highest BCUT2D eigenvalue weighted by atomic mass is 35.5. The molecule has 0 saturated carbocycles. The maximum atomic E-state index is 12.9. The van der Waals surface area contributed by atoms with Crippen LogP contribution in [0, 0.1) is 0 Å². The van der Waals surface area contributed by atoms with Gasteiger partial charge in [0.1, 0.15) is 6.33 Å². The van der Waals surface area contributed by atoms with Gasteiger partial charge in [-0.2, -0.15) is 0 Å². The second kappa shape index (κ2) is 9.41. The van der Waals surface area contributed by atoms with E-state index >= 15 is 0 Å². The van der Waals surface area contributed by atoms with Crippen molar-refractivity contribution in [1.82, 2.24) is 9.55 Å². The zero-order chi connectivity index (χ0) is 21.7. The molecule has 1 aromatic carbocycles. The predicted molar refractivity (Wildman–Crippen MR) is 124 cm³/mol. The Morgan fingerprint density at radius 2 is 2.07 bits per heavy atom. The minimum Gasteiger partial charge on any atom is -0.493 e. The van der Waals surface area contributed by atoms with Gasteiger partial charge in [-0.1, -0.05) is 36.5 Å². The third kappa shape index (κ3) is 5.07. The lowest BCUT2D eigenvalue weighted by atomic mass is 10.1. The molecule has 156 valence electrons. The lowest BCUT2D eigenvalue weighted by Gasteiger charge is -2.12. The topological polar surface area (TPSA) is 53.4 Å². The standard InChI is InChI=1S/C23H23ClN2O3S/c1-4-29-19-10-8-17(14-20(19)28-3)26-15-25-18(21(30)22(26)27)9-7-16-6-5-12-23(2,24)13-11-16/h5-15,30H,4H2,1-3H3/b9-7+. The molecule has 0 fully saturated rings. The van der Waals surface area contributed by atoms with E-state index < -0.39 is 4.87 Å². The Kier molecular flexibility index (Phi) is 6.90. The van der Waals surface area contributed by atoms with Gasteiger partial charge in [0.25, 0.3) is 5.56 Å². The molecule has 1 aliphatic carbocycles. The molecule has 0 aliphatic heterocycles. The SMILES string of the molecule is CCOc1ccc(-n2cnc(/C=C/C3=CC=CC(C)(Cl)C=C3)c(S)c2=O)cc1OC. The molecule has 0 saturated heterocycles. The Labute approximate surface area is 186 Å². The Morgan fingerprint density at radius 3 is 2.80 bits per heavy atom. The molecular weight excluding hydrogens is 420 g/mol. The molecule has 1 aliphatic rings. The summed E-state index contributed by atoms with van der Waals surface area (Å²) >= 11 is 10.7. The number of hydrogen-bond acceptors (Lipinski definition) is 5. The zero-order valence-corrected chi connectivity index (χ0v) is 18.7. The Balaban J connectivity index is 1.91. The minimum atomic E-state index is -0.516. The van der Waals surface area contributed by atoms with Gasteiger partial charge in [0.05, 0.1) is 34.9 Å². The molecule has 1 heterocycles. The van der Waals surface area contributed by atoms with Crippen molar-refractivity contribution in [3.05, 3.63) is 82.6 Å². The van der Waals surface area contributed by atoms with Crippen LogP contribution in [0.1, 0.15) is 19.5 Å². The normalized spacial score (nSPS) is 18.4. The van der Waals surface area contributed by atoms with Gasteiger partial charge in [-0.3, -0.25) is 9.36 Å².